The molecule has 0 bridgehead atoms. The van der Waals surface area contributed by atoms with Gasteiger partial charge in [-0.3, -0.25) is 0 Å². The van der Waals surface area contributed by atoms with Gasteiger partial charge in [-0.15, -0.1) is 0 Å². The maximum atomic E-state index is 6.52. The quantitative estimate of drug-likeness (QED) is 0.165. The number of hydrogen-bond donors (Lipinski definition) is 0. The Bertz CT molecular complexity index is 3270. The molecule has 0 radical (unpaired) electrons. The lowest BCUT2D eigenvalue weighted by molar-refractivity contribution is 0.589. The fourth-order valence-electron chi connectivity index (χ4n) is 10.1. The summed E-state index contributed by atoms with van der Waals surface area (Å²) in [5.41, 5.74) is 21.5. The topological polar surface area (TPSA) is 19.6 Å². The lowest BCUT2D eigenvalue weighted by Gasteiger charge is -2.45. The molecule has 3 nitrogen and oxygen atoms in total. The van der Waals surface area contributed by atoms with Crippen LogP contribution in [-0.2, 0) is 16.2 Å². The third-order valence-electron chi connectivity index (χ3n) is 13.7. The molecule has 0 saturated heterocycles. The summed E-state index contributed by atoms with van der Waals surface area (Å²) in [6, 6.07) is 63.6. The van der Waals surface area contributed by atoms with Crippen LogP contribution in [0.3, 0.4) is 0 Å². The summed E-state index contributed by atoms with van der Waals surface area (Å²) < 4.78 is 6.52. The van der Waals surface area contributed by atoms with Gasteiger partial charge in [-0.05, 0) is 121 Å². The van der Waals surface area contributed by atoms with Gasteiger partial charge in [0.05, 0.1) is 0 Å². The predicted octanol–water partition coefficient (Wildman–Crippen LogP) is 14.9. The average Bonchev–Trinajstić information content (AvgIpc) is 3.67. The molecule has 11 rings (SSSR count). The van der Waals surface area contributed by atoms with Gasteiger partial charge in [0.1, 0.15) is 11.2 Å². The molecule has 0 atom stereocenters. The van der Waals surface area contributed by atoms with Crippen molar-refractivity contribution >= 4 is 79.2 Å². The summed E-state index contributed by atoms with van der Waals surface area (Å²) in [7, 11) is 0. The van der Waals surface area contributed by atoms with Crippen molar-refractivity contribution in [3.05, 3.63) is 187 Å². The van der Waals surface area contributed by atoms with Gasteiger partial charge >= 0.3 is 0 Å². The van der Waals surface area contributed by atoms with Gasteiger partial charge in [-0.1, -0.05) is 178 Å². The molecule has 0 fully saturated rings. The van der Waals surface area contributed by atoms with E-state index in [0.717, 1.165) is 38.8 Å². The highest BCUT2D eigenvalue weighted by Crippen LogP contribution is 2.48. The summed E-state index contributed by atoms with van der Waals surface area (Å²) in [6.07, 6.45) is 0. The van der Waals surface area contributed by atoms with Crippen LogP contribution in [0.15, 0.2) is 174 Å². The molecule has 4 heteroatoms. The van der Waals surface area contributed by atoms with Crippen LogP contribution in [0, 0.1) is 0 Å². The first kappa shape index (κ1) is 40.0. The zero-order valence-corrected chi connectivity index (χ0v) is 38.5. The molecule has 0 amide bonds. The van der Waals surface area contributed by atoms with Crippen molar-refractivity contribution in [1.82, 2.24) is 0 Å². The van der Waals surface area contributed by atoms with Crippen LogP contribution in [0.5, 0.6) is 0 Å². The predicted molar refractivity (Wildman–Crippen MR) is 275 cm³/mol. The number of furan rings is 1. The molecule has 2 aliphatic rings. The summed E-state index contributed by atoms with van der Waals surface area (Å²) in [6.45, 7) is 20.9. The van der Waals surface area contributed by atoms with Crippen molar-refractivity contribution in [2.75, 3.05) is 9.80 Å². The first-order chi connectivity index (χ1) is 30.6. The molecule has 0 saturated carbocycles. The van der Waals surface area contributed by atoms with Crippen molar-refractivity contribution in [3.63, 3.8) is 0 Å². The zero-order chi connectivity index (χ0) is 44.3. The van der Waals surface area contributed by atoms with E-state index in [9.17, 15) is 0 Å². The van der Waals surface area contributed by atoms with Crippen molar-refractivity contribution in [2.45, 2.75) is 78.6 Å². The molecule has 0 aliphatic carbocycles. The van der Waals surface area contributed by atoms with Crippen LogP contribution in [0.2, 0.25) is 0 Å². The van der Waals surface area contributed by atoms with Crippen molar-refractivity contribution in [1.29, 1.82) is 0 Å². The van der Waals surface area contributed by atoms with E-state index < -0.39 is 0 Å². The SMILES string of the molecule is CC(C)(C)c1ccc(N2c3cc(C(C)(C)C)ccc3B3c4cc(-c5ccccc5)ccc4N(c4ccc(-c5cccc6c5oc5ccccc56)cc4)c4cc(C(C)(C)C)cc2c43)cc1. The van der Waals surface area contributed by atoms with E-state index in [2.05, 4.69) is 236 Å². The van der Waals surface area contributed by atoms with E-state index in [1.54, 1.807) is 0 Å². The molecule has 1 aromatic heterocycles. The largest absolute Gasteiger partial charge is 0.455 e. The van der Waals surface area contributed by atoms with Crippen molar-refractivity contribution < 1.29 is 4.42 Å². The van der Waals surface area contributed by atoms with Gasteiger partial charge in [0, 0.05) is 50.5 Å². The van der Waals surface area contributed by atoms with E-state index in [0.29, 0.717) is 0 Å². The number of rotatable bonds is 4. The van der Waals surface area contributed by atoms with E-state index in [1.807, 2.05) is 6.07 Å². The van der Waals surface area contributed by atoms with Crippen LogP contribution in [0.1, 0.15) is 79.0 Å². The minimum Gasteiger partial charge on any atom is -0.455 e. The first-order valence-electron chi connectivity index (χ1n) is 22.9. The minimum absolute atomic E-state index is 0.00741. The van der Waals surface area contributed by atoms with Gasteiger partial charge in [0.15, 0.2) is 0 Å². The fourth-order valence-corrected chi connectivity index (χ4v) is 10.1. The Hall–Kier alpha value is -6.78. The van der Waals surface area contributed by atoms with E-state index in [1.165, 1.54) is 72.6 Å². The molecule has 0 spiro atoms. The third kappa shape index (κ3) is 6.49. The van der Waals surface area contributed by atoms with Crippen LogP contribution < -0.4 is 26.2 Å². The molecule has 9 aromatic rings. The summed E-state index contributed by atoms with van der Waals surface area (Å²) in [5.74, 6) is 0. The second-order valence-corrected chi connectivity index (χ2v) is 21.1. The van der Waals surface area contributed by atoms with Gasteiger partial charge < -0.3 is 14.2 Å². The fraction of sp³-hybridized carbons (Fsp3) is 0.200. The molecule has 3 heterocycles. The van der Waals surface area contributed by atoms with Crippen LogP contribution in [-0.4, -0.2) is 6.71 Å². The van der Waals surface area contributed by atoms with Crippen LogP contribution in [0.25, 0.3) is 44.2 Å². The number of hydrogen-bond acceptors (Lipinski definition) is 3. The maximum absolute atomic E-state index is 6.52. The average molecular weight is 831 g/mol. The monoisotopic (exact) mass is 830 g/mol. The summed E-state index contributed by atoms with van der Waals surface area (Å²) in [5, 5.41) is 2.28. The van der Waals surface area contributed by atoms with Crippen molar-refractivity contribution in [3.8, 4) is 22.3 Å². The number of fused-ring (bicyclic) bond motifs is 7. The van der Waals surface area contributed by atoms with Crippen LogP contribution >= 0.6 is 0 Å². The maximum Gasteiger partial charge on any atom is 0.252 e. The number of para-hydroxylation sites is 2. The Labute approximate surface area is 379 Å². The molecule has 2 aliphatic heterocycles. The second-order valence-electron chi connectivity index (χ2n) is 21.1. The number of nitrogens with zero attached hydrogens (tertiary/aromatic N) is 2. The molecular weight excluding hydrogens is 775 g/mol. The highest BCUT2D eigenvalue weighted by molar-refractivity contribution is 7.00. The van der Waals surface area contributed by atoms with Gasteiger partial charge in [0.25, 0.3) is 6.71 Å². The minimum atomic E-state index is -0.117. The molecular formula is C60H55BN2O. The lowest BCUT2D eigenvalue weighted by atomic mass is 9.33. The summed E-state index contributed by atoms with van der Waals surface area (Å²) >= 11 is 0. The lowest BCUT2D eigenvalue weighted by Crippen LogP contribution is -2.61. The third-order valence-corrected chi connectivity index (χ3v) is 13.7. The number of benzene rings is 8. The van der Waals surface area contributed by atoms with E-state index >= 15 is 0 Å². The highest BCUT2D eigenvalue weighted by Gasteiger charge is 2.44. The molecule has 8 aromatic carbocycles. The van der Waals surface area contributed by atoms with Gasteiger partial charge in [0.2, 0.25) is 0 Å². The molecule has 314 valence electrons. The Balaban J connectivity index is 1.18. The molecule has 0 unspecified atom stereocenters. The Morgan fingerprint density at radius 3 is 1.62 bits per heavy atom. The Morgan fingerprint density at radius 1 is 0.391 bits per heavy atom. The van der Waals surface area contributed by atoms with E-state index in [-0.39, 0.29) is 23.0 Å². The van der Waals surface area contributed by atoms with Crippen molar-refractivity contribution in [2.24, 2.45) is 0 Å². The standard InChI is InChI=1S/C60H55BN2O/c1-58(2,3)41-25-30-45(31-26-41)63-52-35-42(59(4,5)6)27-32-49(52)61-50-34-40(38-16-11-10-12-17-38)24-33-51(50)62(53-36-43(60(7,8)9)37-54(63)56(53)61)44-28-22-39(23-29-44)46-19-15-20-48-47-18-13-14-21-55(47)64-57(46)48/h10-37H,1-9H3. The van der Waals surface area contributed by atoms with Gasteiger partial charge in [-0.2, -0.15) is 0 Å². The smallest absolute Gasteiger partial charge is 0.252 e. The molecule has 0 N–H and O–H groups in total. The Kier molecular flexibility index (Phi) is 8.99. The zero-order valence-electron chi connectivity index (χ0n) is 38.5. The van der Waals surface area contributed by atoms with E-state index in [4.69, 9.17) is 4.42 Å². The number of anilines is 6. The van der Waals surface area contributed by atoms with Gasteiger partial charge in [-0.25, -0.2) is 0 Å². The second kappa shape index (κ2) is 14.4. The van der Waals surface area contributed by atoms with Crippen LogP contribution in [0.4, 0.5) is 34.1 Å². The molecule has 64 heavy (non-hydrogen) atoms. The summed E-state index contributed by atoms with van der Waals surface area (Å²) in [4.78, 5) is 5.11. The normalized spacial score (nSPS) is 13.6. The first-order valence-corrected chi connectivity index (χ1v) is 22.9. The highest BCUT2D eigenvalue weighted by atomic mass is 16.3. The Morgan fingerprint density at radius 2 is 0.953 bits per heavy atom.